The fraction of sp³-hybridized carbons (Fsp3) is 0.143. The summed E-state index contributed by atoms with van der Waals surface area (Å²) in [6, 6.07) is 69.6. The van der Waals surface area contributed by atoms with Gasteiger partial charge in [0.15, 0.2) is 0 Å². The average molecular weight is 877 g/mol. The van der Waals surface area contributed by atoms with E-state index in [0.29, 0.717) is 0 Å². The Bertz CT molecular complexity index is 3900. The maximum atomic E-state index is 2.70. The summed E-state index contributed by atoms with van der Waals surface area (Å²) in [6.07, 6.45) is 2.35. The smallest absolute Gasteiger partial charge is 0.333 e. The summed E-state index contributed by atoms with van der Waals surface area (Å²) in [7, 11) is 0. The normalized spacial score (nSPS) is 15.6. The van der Waals surface area contributed by atoms with Gasteiger partial charge >= 0.3 is 6.85 Å². The van der Waals surface area contributed by atoms with Crippen LogP contribution < -0.4 is 20.6 Å². The molecule has 10 aromatic carbocycles. The van der Waals surface area contributed by atoms with Crippen LogP contribution in [0.2, 0.25) is 0 Å². The van der Waals surface area contributed by atoms with Crippen LogP contribution in [0, 0.1) is 6.92 Å². The number of aryl methyl sites for hydroxylation is 1. The standard InChI is InChI=1S/C63H49BN2S/c1-38-31-50-51(63(4,5)30-29-62(50,2)3)37-54(38)65-55-35-43-19-11-10-18-42(43)34-52(55)64-60-49(33-45-21-13-14-22-47(45)61(60)65)58-53(66(64)46-25-23-40(24-26-46)39-15-7-6-8-16-39)27-28-56-59(58)48-32-41-17-9-12-20-44(41)36-57(48)67-56/h6-28,31-37H,29-30H2,1-5H3. The second kappa shape index (κ2) is 14.0. The molecule has 0 bridgehead atoms. The van der Waals surface area contributed by atoms with Crippen molar-refractivity contribution in [3.63, 3.8) is 0 Å². The molecule has 1 aromatic heterocycles. The predicted octanol–water partition coefficient (Wildman–Crippen LogP) is 16.5. The second-order valence-corrected chi connectivity index (χ2v) is 21.9. The van der Waals surface area contributed by atoms with Crippen LogP contribution in [0.3, 0.4) is 0 Å². The summed E-state index contributed by atoms with van der Waals surface area (Å²) >= 11 is 1.92. The number of thiophene rings is 1. The Kier molecular flexibility index (Phi) is 8.13. The van der Waals surface area contributed by atoms with Gasteiger partial charge in [-0.2, -0.15) is 0 Å². The third-order valence-electron chi connectivity index (χ3n) is 15.9. The molecule has 0 saturated carbocycles. The molecule has 3 heterocycles. The van der Waals surface area contributed by atoms with Crippen molar-refractivity contribution in [2.75, 3.05) is 9.71 Å². The third kappa shape index (κ3) is 5.63. The minimum Gasteiger partial charge on any atom is -0.376 e. The molecule has 2 nitrogen and oxygen atoms in total. The quantitative estimate of drug-likeness (QED) is 0.163. The molecule has 11 aromatic rings. The molecule has 0 amide bonds. The van der Waals surface area contributed by atoms with Gasteiger partial charge in [-0.3, -0.25) is 0 Å². The summed E-state index contributed by atoms with van der Waals surface area (Å²) in [5.74, 6) is 0. The number of anilines is 5. The van der Waals surface area contributed by atoms with Gasteiger partial charge < -0.3 is 9.71 Å². The highest BCUT2D eigenvalue weighted by atomic mass is 32.1. The number of hydrogen-bond donors (Lipinski definition) is 0. The van der Waals surface area contributed by atoms with E-state index in [9.17, 15) is 0 Å². The second-order valence-electron chi connectivity index (χ2n) is 20.8. The fourth-order valence-corrected chi connectivity index (χ4v) is 13.5. The van der Waals surface area contributed by atoms with Gasteiger partial charge in [0.2, 0.25) is 0 Å². The molecule has 0 radical (unpaired) electrons. The number of rotatable bonds is 3. The van der Waals surface area contributed by atoms with Crippen molar-refractivity contribution in [3.05, 3.63) is 199 Å². The molecule has 14 rings (SSSR count). The molecule has 0 saturated heterocycles. The monoisotopic (exact) mass is 876 g/mol. The lowest BCUT2D eigenvalue weighted by Crippen LogP contribution is -2.61. The lowest BCUT2D eigenvalue weighted by atomic mass is 9.43. The molecule has 4 heteroatoms. The number of benzene rings is 10. The highest BCUT2D eigenvalue weighted by molar-refractivity contribution is 7.26. The van der Waals surface area contributed by atoms with Crippen LogP contribution in [0.25, 0.3) is 74.7 Å². The molecule has 1 aliphatic carbocycles. The first-order valence-corrected chi connectivity index (χ1v) is 24.8. The fourth-order valence-electron chi connectivity index (χ4n) is 12.4. The Balaban J connectivity index is 1.15. The van der Waals surface area contributed by atoms with Crippen LogP contribution in [0.15, 0.2) is 182 Å². The first-order chi connectivity index (χ1) is 32.6. The zero-order chi connectivity index (χ0) is 44.9. The van der Waals surface area contributed by atoms with E-state index in [1.54, 1.807) is 0 Å². The van der Waals surface area contributed by atoms with Crippen molar-refractivity contribution in [1.82, 2.24) is 0 Å². The SMILES string of the molecule is Cc1cc2c(cc1N1c3cc4ccccc4cc3B3c4c(cc5ccccc5c41)-c1c(ccc4sc5cc6ccccc6cc5c14)N3c1ccc(-c3ccccc3)cc1)C(C)(C)CCC2(C)C. The third-order valence-corrected chi connectivity index (χ3v) is 17.0. The van der Waals surface area contributed by atoms with E-state index < -0.39 is 0 Å². The zero-order valence-corrected chi connectivity index (χ0v) is 39.4. The van der Waals surface area contributed by atoms with Gasteiger partial charge in [0.25, 0.3) is 0 Å². The Morgan fingerprint density at radius 3 is 1.84 bits per heavy atom. The van der Waals surface area contributed by atoms with Crippen LogP contribution in [-0.2, 0) is 10.8 Å². The molecule has 0 fully saturated rings. The summed E-state index contributed by atoms with van der Waals surface area (Å²) < 4.78 is 2.64. The molecule has 0 atom stereocenters. The minimum absolute atomic E-state index is 0.0491. The highest BCUT2D eigenvalue weighted by Crippen LogP contribution is 2.55. The van der Waals surface area contributed by atoms with E-state index >= 15 is 0 Å². The summed E-state index contributed by atoms with van der Waals surface area (Å²) in [4.78, 5) is 5.40. The number of hydrogen-bond acceptors (Lipinski definition) is 3. The molecule has 2 aliphatic heterocycles. The van der Waals surface area contributed by atoms with E-state index in [4.69, 9.17) is 0 Å². The summed E-state index contributed by atoms with van der Waals surface area (Å²) in [5, 5.41) is 10.3. The van der Waals surface area contributed by atoms with Crippen LogP contribution in [0.1, 0.15) is 57.2 Å². The van der Waals surface area contributed by atoms with E-state index in [-0.39, 0.29) is 17.7 Å². The largest absolute Gasteiger partial charge is 0.376 e. The molecule has 320 valence electrons. The molecule has 0 spiro atoms. The number of fused-ring (bicyclic) bond motifs is 13. The van der Waals surface area contributed by atoms with Crippen molar-refractivity contribution in [3.8, 4) is 22.3 Å². The van der Waals surface area contributed by atoms with Crippen molar-refractivity contribution in [2.24, 2.45) is 0 Å². The Morgan fingerprint density at radius 1 is 0.493 bits per heavy atom. The lowest BCUT2D eigenvalue weighted by Gasteiger charge is -2.47. The van der Waals surface area contributed by atoms with Crippen LogP contribution in [0.4, 0.5) is 28.4 Å². The number of nitrogens with zero attached hydrogens (tertiary/aromatic N) is 2. The van der Waals surface area contributed by atoms with E-state index in [0.717, 1.165) is 6.42 Å². The molecular formula is C63H49BN2S. The lowest BCUT2D eigenvalue weighted by molar-refractivity contribution is 0.332. The Labute approximate surface area is 396 Å². The van der Waals surface area contributed by atoms with Gasteiger partial charge in [0.05, 0.1) is 5.69 Å². The predicted molar refractivity (Wildman–Crippen MR) is 291 cm³/mol. The average Bonchev–Trinajstić information content (AvgIpc) is 3.72. The Hall–Kier alpha value is -7.14. The molecule has 67 heavy (non-hydrogen) atoms. The molecule has 0 unspecified atom stereocenters. The summed E-state index contributed by atoms with van der Waals surface area (Å²) in [6.45, 7) is 12.1. The van der Waals surface area contributed by atoms with Crippen molar-refractivity contribution in [2.45, 2.75) is 58.3 Å². The first-order valence-electron chi connectivity index (χ1n) is 24.0. The van der Waals surface area contributed by atoms with Gasteiger partial charge in [-0.1, -0.05) is 155 Å². The van der Waals surface area contributed by atoms with Crippen LogP contribution in [0.5, 0.6) is 0 Å². The van der Waals surface area contributed by atoms with Gasteiger partial charge in [-0.05, 0) is 156 Å². The maximum Gasteiger partial charge on any atom is 0.333 e. The molecular weight excluding hydrogens is 828 g/mol. The maximum absolute atomic E-state index is 2.70. The van der Waals surface area contributed by atoms with E-state index in [2.05, 4.69) is 226 Å². The van der Waals surface area contributed by atoms with Crippen molar-refractivity contribution in [1.29, 1.82) is 0 Å². The van der Waals surface area contributed by atoms with Crippen molar-refractivity contribution < 1.29 is 0 Å². The van der Waals surface area contributed by atoms with Crippen molar-refractivity contribution >= 4 is 110 Å². The molecule has 0 N–H and O–H groups in total. The van der Waals surface area contributed by atoms with Crippen LogP contribution in [-0.4, -0.2) is 6.85 Å². The van der Waals surface area contributed by atoms with Gasteiger partial charge in [0.1, 0.15) is 0 Å². The summed E-state index contributed by atoms with van der Waals surface area (Å²) in [5.41, 5.74) is 18.4. The highest BCUT2D eigenvalue weighted by Gasteiger charge is 2.47. The minimum atomic E-state index is -0.114. The molecule has 3 aliphatic rings. The van der Waals surface area contributed by atoms with Gasteiger partial charge in [-0.15, -0.1) is 11.3 Å². The van der Waals surface area contributed by atoms with Gasteiger partial charge in [-0.25, -0.2) is 0 Å². The van der Waals surface area contributed by atoms with E-state index in [1.165, 1.54) is 137 Å². The Morgan fingerprint density at radius 2 is 1.10 bits per heavy atom. The zero-order valence-electron chi connectivity index (χ0n) is 38.6. The van der Waals surface area contributed by atoms with Crippen LogP contribution >= 0.6 is 11.3 Å². The first kappa shape index (κ1) is 39.1. The van der Waals surface area contributed by atoms with E-state index in [1.807, 2.05) is 11.3 Å². The van der Waals surface area contributed by atoms with Gasteiger partial charge in [0, 0.05) is 53.9 Å². The topological polar surface area (TPSA) is 6.48 Å².